The Morgan fingerprint density at radius 3 is 2.81 bits per heavy atom. The predicted molar refractivity (Wildman–Crippen MR) is 80.8 cm³/mol. The third kappa shape index (κ3) is 3.78. The summed E-state index contributed by atoms with van der Waals surface area (Å²) in [6.07, 6.45) is 1.47. The van der Waals surface area contributed by atoms with Crippen LogP contribution in [-0.2, 0) is 14.8 Å². The molecule has 0 saturated carbocycles. The summed E-state index contributed by atoms with van der Waals surface area (Å²) in [6.45, 7) is 3.67. The summed E-state index contributed by atoms with van der Waals surface area (Å²) in [5.41, 5.74) is 0.718. The number of thiophene rings is 1. The van der Waals surface area contributed by atoms with Gasteiger partial charge in [-0.1, -0.05) is 13.8 Å². The molecule has 1 atom stereocenters. The molecule has 0 amide bonds. The summed E-state index contributed by atoms with van der Waals surface area (Å²) < 4.78 is 27.5. The van der Waals surface area contributed by atoms with Crippen molar-refractivity contribution in [1.82, 2.24) is 9.71 Å². The molecule has 2 aromatic rings. The van der Waals surface area contributed by atoms with Crippen molar-refractivity contribution in [2.45, 2.75) is 31.2 Å². The van der Waals surface area contributed by atoms with Gasteiger partial charge in [-0.2, -0.15) is 4.72 Å². The van der Waals surface area contributed by atoms with Crippen LogP contribution in [0.3, 0.4) is 0 Å². The fraction of sp³-hybridized carbons (Fsp3) is 0.385. The molecular weight excluding hydrogens is 312 g/mol. The molecule has 8 heteroatoms. The third-order valence-corrected chi connectivity index (χ3v) is 5.18. The van der Waals surface area contributed by atoms with Gasteiger partial charge in [0, 0.05) is 6.20 Å². The second-order valence-electron chi connectivity index (χ2n) is 5.12. The summed E-state index contributed by atoms with van der Waals surface area (Å²) in [5, 5.41) is 11.0. The molecular formula is C13H16N2O4S2. The summed E-state index contributed by atoms with van der Waals surface area (Å²) >= 11 is 1.38. The van der Waals surface area contributed by atoms with E-state index < -0.39 is 22.0 Å². The fourth-order valence-corrected chi connectivity index (χ4v) is 3.93. The van der Waals surface area contributed by atoms with E-state index in [2.05, 4.69) is 9.71 Å². The molecule has 0 aliphatic heterocycles. The number of carboxylic acids is 1. The van der Waals surface area contributed by atoms with Gasteiger partial charge in [0.05, 0.1) is 10.2 Å². The highest BCUT2D eigenvalue weighted by Gasteiger charge is 2.26. The molecule has 0 aromatic carbocycles. The molecule has 114 valence electrons. The van der Waals surface area contributed by atoms with Gasteiger partial charge in [0.1, 0.15) is 10.9 Å². The molecule has 0 saturated heterocycles. The lowest BCUT2D eigenvalue weighted by Gasteiger charge is -2.16. The number of pyridine rings is 1. The number of nitrogens with one attached hydrogen (secondary N) is 1. The Kier molecular flexibility index (Phi) is 4.60. The second-order valence-corrected chi connectivity index (χ2v) is 7.78. The van der Waals surface area contributed by atoms with Crippen molar-refractivity contribution < 1.29 is 18.3 Å². The molecule has 0 spiro atoms. The number of aromatic nitrogens is 1. The van der Waals surface area contributed by atoms with Crippen molar-refractivity contribution in [3.63, 3.8) is 0 Å². The number of sulfonamides is 1. The molecule has 21 heavy (non-hydrogen) atoms. The third-order valence-electron chi connectivity index (χ3n) is 2.89. The topological polar surface area (TPSA) is 96.4 Å². The Morgan fingerprint density at radius 2 is 2.19 bits per heavy atom. The largest absolute Gasteiger partial charge is 0.480 e. The van der Waals surface area contributed by atoms with Crippen molar-refractivity contribution in [2.24, 2.45) is 5.92 Å². The Balaban J connectivity index is 2.29. The Hall–Kier alpha value is -1.51. The highest BCUT2D eigenvalue weighted by Crippen LogP contribution is 2.22. The second kappa shape index (κ2) is 6.08. The molecule has 0 fully saturated rings. The van der Waals surface area contributed by atoms with Crippen LogP contribution >= 0.6 is 11.3 Å². The average Bonchev–Trinajstić information content (AvgIpc) is 2.84. The maximum absolute atomic E-state index is 12.3. The van der Waals surface area contributed by atoms with Gasteiger partial charge in [0.2, 0.25) is 10.0 Å². The zero-order valence-electron chi connectivity index (χ0n) is 11.6. The maximum Gasteiger partial charge on any atom is 0.321 e. The van der Waals surface area contributed by atoms with Crippen molar-refractivity contribution >= 4 is 37.5 Å². The van der Waals surface area contributed by atoms with Crippen LogP contribution in [0, 0.1) is 5.92 Å². The van der Waals surface area contributed by atoms with Gasteiger partial charge >= 0.3 is 5.97 Å². The number of fused-ring (bicyclic) bond motifs is 1. The quantitative estimate of drug-likeness (QED) is 0.846. The van der Waals surface area contributed by atoms with Crippen LogP contribution in [0.25, 0.3) is 10.2 Å². The van der Waals surface area contributed by atoms with Crippen LogP contribution in [0.2, 0.25) is 0 Å². The van der Waals surface area contributed by atoms with Gasteiger partial charge in [0.15, 0.2) is 0 Å². The number of nitrogens with zero attached hydrogens (tertiary/aromatic N) is 1. The molecule has 6 nitrogen and oxygen atoms in total. The highest BCUT2D eigenvalue weighted by molar-refractivity contribution is 7.89. The van der Waals surface area contributed by atoms with Crippen molar-refractivity contribution in [3.8, 4) is 0 Å². The number of hydrogen-bond acceptors (Lipinski definition) is 5. The summed E-state index contributed by atoms with van der Waals surface area (Å²) in [4.78, 5) is 15.2. The highest BCUT2D eigenvalue weighted by atomic mass is 32.2. The fourth-order valence-electron chi connectivity index (χ4n) is 1.90. The molecule has 2 rings (SSSR count). The van der Waals surface area contributed by atoms with Gasteiger partial charge in [-0.25, -0.2) is 8.42 Å². The smallest absolute Gasteiger partial charge is 0.321 e. The maximum atomic E-state index is 12.3. The normalized spacial score (nSPS) is 13.7. The van der Waals surface area contributed by atoms with Gasteiger partial charge in [-0.3, -0.25) is 9.78 Å². The zero-order valence-corrected chi connectivity index (χ0v) is 13.2. The van der Waals surface area contributed by atoms with Crippen molar-refractivity contribution in [3.05, 3.63) is 23.7 Å². The average molecular weight is 328 g/mol. The zero-order chi connectivity index (χ0) is 15.6. The van der Waals surface area contributed by atoms with E-state index >= 15 is 0 Å². The van der Waals surface area contributed by atoms with Crippen LogP contribution in [-0.4, -0.2) is 30.5 Å². The predicted octanol–water partition coefficient (Wildman–Crippen LogP) is 2.07. The number of hydrogen-bond donors (Lipinski definition) is 2. The van der Waals surface area contributed by atoms with E-state index in [0.29, 0.717) is 0 Å². The minimum atomic E-state index is -3.91. The molecule has 0 aliphatic rings. The standard InChI is InChI=1S/C13H16N2O4S2/c1-8(2)5-11(13(16)17)15-21(18,19)9-6-12-10(14-7-9)3-4-20-12/h3-4,6-8,11,15H,5H2,1-2H3,(H,16,17)/t11-/m0/s1. The summed E-state index contributed by atoms with van der Waals surface area (Å²) in [7, 11) is -3.91. The van der Waals surface area contributed by atoms with Crippen molar-refractivity contribution in [1.29, 1.82) is 0 Å². The number of carboxylic acid groups (broad SMARTS) is 1. The monoisotopic (exact) mass is 328 g/mol. The first-order valence-corrected chi connectivity index (χ1v) is 8.74. The van der Waals surface area contributed by atoms with Gasteiger partial charge in [0.25, 0.3) is 0 Å². The van der Waals surface area contributed by atoms with E-state index in [4.69, 9.17) is 5.11 Å². The first kappa shape index (κ1) is 15.9. The molecule has 2 aromatic heterocycles. The van der Waals surface area contributed by atoms with E-state index in [0.717, 1.165) is 10.2 Å². The van der Waals surface area contributed by atoms with Crippen LogP contribution in [0.5, 0.6) is 0 Å². The SMILES string of the molecule is CC(C)C[C@H](NS(=O)(=O)c1cnc2ccsc2c1)C(=O)O. The minimum Gasteiger partial charge on any atom is -0.480 e. The van der Waals surface area contributed by atoms with Crippen LogP contribution < -0.4 is 4.72 Å². The van der Waals surface area contributed by atoms with Gasteiger partial charge in [-0.05, 0) is 29.9 Å². The van der Waals surface area contributed by atoms with Crippen LogP contribution in [0.15, 0.2) is 28.6 Å². The lowest BCUT2D eigenvalue weighted by molar-refractivity contribution is -0.139. The number of aliphatic carboxylic acids is 1. The number of rotatable bonds is 6. The lowest BCUT2D eigenvalue weighted by atomic mass is 10.1. The molecule has 2 N–H and O–H groups in total. The Labute approximate surface area is 126 Å². The van der Waals surface area contributed by atoms with E-state index in [9.17, 15) is 13.2 Å². The molecule has 0 unspecified atom stereocenters. The van der Waals surface area contributed by atoms with E-state index in [1.807, 2.05) is 19.2 Å². The van der Waals surface area contributed by atoms with Crippen LogP contribution in [0.1, 0.15) is 20.3 Å². The first-order chi connectivity index (χ1) is 9.79. The summed E-state index contributed by atoms with van der Waals surface area (Å²) in [6, 6.07) is 2.15. The van der Waals surface area contributed by atoms with E-state index in [-0.39, 0.29) is 17.2 Å². The summed E-state index contributed by atoms with van der Waals surface area (Å²) in [5.74, 6) is -1.12. The Morgan fingerprint density at radius 1 is 1.48 bits per heavy atom. The first-order valence-electron chi connectivity index (χ1n) is 6.38. The Bertz CT molecular complexity index is 752. The molecule has 0 aliphatic carbocycles. The van der Waals surface area contributed by atoms with Gasteiger partial charge in [-0.15, -0.1) is 11.3 Å². The molecule has 2 heterocycles. The van der Waals surface area contributed by atoms with Gasteiger partial charge < -0.3 is 5.11 Å². The number of carbonyl (C=O) groups is 1. The lowest BCUT2D eigenvalue weighted by Crippen LogP contribution is -2.41. The van der Waals surface area contributed by atoms with Crippen molar-refractivity contribution in [2.75, 3.05) is 0 Å². The minimum absolute atomic E-state index is 0.0209. The van der Waals surface area contributed by atoms with Crippen LogP contribution in [0.4, 0.5) is 0 Å². The van der Waals surface area contributed by atoms with E-state index in [1.54, 1.807) is 6.07 Å². The molecule has 0 radical (unpaired) electrons. The van der Waals surface area contributed by atoms with E-state index in [1.165, 1.54) is 23.6 Å². The molecule has 0 bridgehead atoms.